The molecule has 0 radical (unpaired) electrons. The number of pyridine rings is 1. The largest absolute Gasteiger partial charge is 0.503 e. The number of nitrogen functional groups attached to an aromatic ring is 1. The van der Waals surface area contributed by atoms with E-state index in [1.807, 2.05) is 0 Å². The van der Waals surface area contributed by atoms with E-state index in [2.05, 4.69) is 20.4 Å². The predicted octanol–water partition coefficient (Wildman–Crippen LogP) is 0.155. The second kappa shape index (κ2) is 10.9. The Hall–Kier alpha value is -4.64. The monoisotopic (exact) mass is 590 g/mol. The maximum absolute atomic E-state index is 13.1. The summed E-state index contributed by atoms with van der Waals surface area (Å²) in [6, 6.07) is 0.00187. The number of carbonyl (C=O) groups excluding carboxylic acids is 2. The Balaban J connectivity index is 1.56. The topological polar surface area (TPSA) is 238 Å². The van der Waals surface area contributed by atoms with E-state index in [1.54, 1.807) is 0 Å². The van der Waals surface area contributed by atoms with Gasteiger partial charge in [0.15, 0.2) is 16.6 Å². The first-order chi connectivity index (χ1) is 18.8. The van der Waals surface area contributed by atoms with Crippen LogP contribution in [0.5, 0.6) is 5.75 Å². The van der Waals surface area contributed by atoms with Crippen molar-refractivity contribution >= 4 is 63.8 Å². The summed E-state index contributed by atoms with van der Waals surface area (Å²) in [6.07, 6.45) is 3.97. The number of rotatable bonds is 9. The number of aromatic hydroxyl groups is 1. The number of amides is 2. The number of nitrogens with zero attached hydrogens (tertiary/aromatic N) is 3. The maximum atomic E-state index is 13.1. The number of fused-ring (bicyclic) bond motifs is 1. The molecule has 7 N–H and O–H groups in total. The number of aliphatic carboxylic acids is 2. The fraction of sp³-hybridized carbons (Fsp3) is 0.261. The van der Waals surface area contributed by atoms with Crippen LogP contribution in [0.1, 0.15) is 25.2 Å². The van der Waals surface area contributed by atoms with Crippen molar-refractivity contribution in [2.45, 2.75) is 30.9 Å². The van der Waals surface area contributed by atoms with E-state index >= 15 is 0 Å². The van der Waals surface area contributed by atoms with Crippen molar-refractivity contribution in [3.63, 3.8) is 0 Å². The molecule has 2 atom stereocenters. The Morgan fingerprint density at radius 2 is 2.02 bits per heavy atom. The number of hydrogen-bond donors (Lipinski definition) is 6. The van der Waals surface area contributed by atoms with Crippen LogP contribution in [0.4, 0.5) is 5.13 Å². The minimum absolute atomic E-state index is 0.00747. The van der Waals surface area contributed by atoms with Crippen molar-refractivity contribution in [2.24, 2.45) is 5.16 Å². The van der Waals surface area contributed by atoms with Gasteiger partial charge in [-0.2, -0.15) is 0 Å². The zero-order valence-corrected chi connectivity index (χ0v) is 22.4. The number of carboxylic acids is 2. The molecule has 2 aliphatic rings. The van der Waals surface area contributed by atoms with Gasteiger partial charge in [-0.1, -0.05) is 11.2 Å². The van der Waals surface area contributed by atoms with E-state index in [1.165, 1.54) is 43.1 Å². The summed E-state index contributed by atoms with van der Waals surface area (Å²) >= 11 is 2.19. The molecule has 0 aliphatic carbocycles. The zero-order chi connectivity index (χ0) is 29.4. The number of carboxylic acid groups (broad SMARTS) is 2. The Kier molecular flexibility index (Phi) is 7.70. The van der Waals surface area contributed by atoms with Gasteiger partial charge in [0, 0.05) is 29.1 Å². The molecule has 4 rings (SSSR count). The lowest BCUT2D eigenvalue weighted by Crippen LogP contribution is -2.71. The van der Waals surface area contributed by atoms with Crippen LogP contribution in [0.25, 0.3) is 6.08 Å². The first-order valence-corrected chi connectivity index (χ1v) is 13.3. The molecule has 0 unspecified atom stereocenters. The van der Waals surface area contributed by atoms with Gasteiger partial charge in [0.2, 0.25) is 11.0 Å². The van der Waals surface area contributed by atoms with Gasteiger partial charge in [-0.05, 0) is 25.5 Å². The van der Waals surface area contributed by atoms with Gasteiger partial charge in [0.05, 0.1) is 0 Å². The molecule has 0 aromatic carbocycles. The van der Waals surface area contributed by atoms with Crippen LogP contribution in [-0.2, 0) is 24.0 Å². The number of carbonyl (C=O) groups is 4. The molecule has 2 aromatic rings. The van der Waals surface area contributed by atoms with Gasteiger partial charge in [0.25, 0.3) is 11.8 Å². The lowest BCUT2D eigenvalue weighted by Gasteiger charge is -2.49. The fourth-order valence-electron chi connectivity index (χ4n) is 3.55. The SMILES string of the molecule is CC(C)(ON=C(C(=O)N[C@@H]1C(=O)N2C(C(=O)O)=C(C=Cc3cc(=O)c(O)c[nH]3)CS[C@H]12)c1csc(N)n1)C(=O)O. The quantitative estimate of drug-likeness (QED) is 0.130. The van der Waals surface area contributed by atoms with Gasteiger partial charge < -0.3 is 36.2 Å². The number of thioether (sulfide) groups is 1. The molecule has 2 aliphatic heterocycles. The average Bonchev–Trinajstić information content (AvgIpc) is 3.32. The Morgan fingerprint density at radius 3 is 2.62 bits per heavy atom. The normalized spacial score (nSPS) is 19.3. The van der Waals surface area contributed by atoms with Crippen LogP contribution in [-0.4, -0.2) is 82.4 Å². The molecule has 2 aromatic heterocycles. The van der Waals surface area contributed by atoms with E-state index in [9.17, 15) is 39.3 Å². The molecule has 15 nitrogen and oxygen atoms in total. The van der Waals surface area contributed by atoms with Crippen LogP contribution in [0, 0.1) is 0 Å². The number of allylic oxidation sites excluding steroid dienone is 1. The van der Waals surface area contributed by atoms with Crippen molar-refractivity contribution in [3.8, 4) is 5.75 Å². The number of anilines is 1. The van der Waals surface area contributed by atoms with E-state index < -0.39 is 57.7 Å². The standard InChI is InChI=1S/C23H22N6O9S2/c1-23(2,21(36)37)38-28-14(11-8-40-22(24)26-11)17(32)27-15-18(33)29-16(20(34)35)9(7-39-19(15)29)3-4-10-5-12(30)13(31)6-25-10/h3-6,8,15,19,31H,7H2,1-2H3,(H2,24,26)(H,25,30)(H,27,32)(H,34,35)(H,36,37)/t15-,19-/m1/s1. The molecule has 0 saturated carbocycles. The lowest BCUT2D eigenvalue weighted by atomic mass is 10.0. The molecular formula is C23H22N6O9S2. The van der Waals surface area contributed by atoms with Crippen LogP contribution in [0.3, 0.4) is 0 Å². The summed E-state index contributed by atoms with van der Waals surface area (Å²) < 4.78 is 0. The van der Waals surface area contributed by atoms with E-state index in [-0.39, 0.29) is 27.8 Å². The molecule has 17 heteroatoms. The molecule has 0 spiro atoms. The zero-order valence-electron chi connectivity index (χ0n) is 20.8. The van der Waals surface area contributed by atoms with Gasteiger partial charge in [0.1, 0.15) is 22.8 Å². The van der Waals surface area contributed by atoms with Crippen LogP contribution in [0.15, 0.2) is 44.9 Å². The number of oxime groups is 1. The number of nitrogens with one attached hydrogen (secondary N) is 2. The molecule has 4 heterocycles. The number of β-lactam (4-membered cyclic amide) rings is 1. The van der Waals surface area contributed by atoms with E-state index in [0.717, 1.165) is 28.5 Å². The van der Waals surface area contributed by atoms with Crippen molar-refractivity contribution in [1.82, 2.24) is 20.2 Å². The Morgan fingerprint density at radius 1 is 1.30 bits per heavy atom. The lowest BCUT2D eigenvalue weighted by molar-refractivity contribution is -0.161. The van der Waals surface area contributed by atoms with Crippen molar-refractivity contribution in [2.75, 3.05) is 11.5 Å². The highest BCUT2D eigenvalue weighted by atomic mass is 32.2. The predicted molar refractivity (Wildman–Crippen MR) is 143 cm³/mol. The number of aromatic amines is 1. The Bertz CT molecular complexity index is 1560. The first-order valence-electron chi connectivity index (χ1n) is 11.3. The van der Waals surface area contributed by atoms with Crippen LogP contribution >= 0.6 is 23.1 Å². The number of nitrogens with two attached hydrogens (primary N) is 1. The molecule has 1 fully saturated rings. The van der Waals surface area contributed by atoms with Gasteiger partial charge in [-0.15, -0.1) is 23.1 Å². The second-order valence-corrected chi connectivity index (χ2v) is 10.9. The van der Waals surface area contributed by atoms with Crippen molar-refractivity contribution in [1.29, 1.82) is 0 Å². The number of H-pyrrole nitrogens is 1. The number of aromatic nitrogens is 2. The van der Waals surface area contributed by atoms with E-state index in [4.69, 9.17) is 10.6 Å². The molecule has 40 heavy (non-hydrogen) atoms. The molecule has 2 amide bonds. The second-order valence-electron chi connectivity index (χ2n) is 8.93. The Labute approximate surface area is 233 Å². The summed E-state index contributed by atoms with van der Waals surface area (Å²) in [5.41, 5.74) is 3.11. The minimum Gasteiger partial charge on any atom is -0.503 e. The van der Waals surface area contributed by atoms with Crippen LogP contribution < -0.4 is 16.5 Å². The fourth-order valence-corrected chi connectivity index (χ4v) is 5.41. The average molecular weight is 591 g/mol. The number of thiazole rings is 1. The van der Waals surface area contributed by atoms with Gasteiger partial charge in [-0.3, -0.25) is 19.3 Å². The van der Waals surface area contributed by atoms with E-state index in [0.29, 0.717) is 5.69 Å². The van der Waals surface area contributed by atoms with Crippen molar-refractivity contribution < 1.29 is 39.3 Å². The molecule has 0 bridgehead atoms. The molecular weight excluding hydrogens is 568 g/mol. The summed E-state index contributed by atoms with van der Waals surface area (Å²) in [6.45, 7) is 2.45. The highest BCUT2D eigenvalue weighted by Crippen LogP contribution is 2.40. The third kappa shape index (κ3) is 5.55. The maximum Gasteiger partial charge on any atom is 0.352 e. The third-order valence-corrected chi connectivity index (χ3v) is 7.70. The first kappa shape index (κ1) is 28.4. The smallest absolute Gasteiger partial charge is 0.352 e. The summed E-state index contributed by atoms with van der Waals surface area (Å²) in [4.78, 5) is 74.1. The van der Waals surface area contributed by atoms with Gasteiger partial charge >= 0.3 is 11.9 Å². The molecule has 210 valence electrons. The summed E-state index contributed by atoms with van der Waals surface area (Å²) in [7, 11) is 0. The molecule has 1 saturated heterocycles. The summed E-state index contributed by atoms with van der Waals surface area (Å²) in [5, 5.41) is 35.4. The minimum atomic E-state index is -1.78. The van der Waals surface area contributed by atoms with Crippen molar-refractivity contribution in [3.05, 3.63) is 56.6 Å². The van der Waals surface area contributed by atoms with Crippen LogP contribution in [0.2, 0.25) is 0 Å². The third-order valence-electron chi connectivity index (χ3n) is 5.73. The highest BCUT2D eigenvalue weighted by Gasteiger charge is 2.54. The van der Waals surface area contributed by atoms with Gasteiger partial charge in [-0.25, -0.2) is 14.6 Å². The summed E-state index contributed by atoms with van der Waals surface area (Å²) in [5.74, 6) is -4.63. The highest BCUT2D eigenvalue weighted by molar-refractivity contribution is 8.00. The number of hydrogen-bond acceptors (Lipinski definition) is 12.